The number of rotatable bonds is 7. The minimum atomic E-state index is -1.16. The Morgan fingerprint density at radius 2 is 1.83 bits per heavy atom. The van der Waals surface area contributed by atoms with Gasteiger partial charge in [-0.15, -0.1) is 0 Å². The first kappa shape index (κ1) is 27.0. The summed E-state index contributed by atoms with van der Waals surface area (Å²) in [4.78, 5) is 13.2. The lowest BCUT2D eigenvalue weighted by atomic mass is 9.95. The molecular formula is C28H37F2N3O2. The van der Waals surface area contributed by atoms with Crippen LogP contribution >= 0.6 is 0 Å². The van der Waals surface area contributed by atoms with Crippen LogP contribution in [0.15, 0.2) is 42.5 Å². The van der Waals surface area contributed by atoms with E-state index in [1.807, 2.05) is 12.1 Å². The number of fused-ring (bicyclic) bond motifs is 1. The molecule has 2 N–H and O–H groups in total. The fourth-order valence-corrected chi connectivity index (χ4v) is 5.05. The summed E-state index contributed by atoms with van der Waals surface area (Å²) in [5, 5.41) is 8.47. The summed E-state index contributed by atoms with van der Waals surface area (Å²) in [7, 11) is 1.43. The van der Waals surface area contributed by atoms with E-state index >= 15 is 0 Å². The number of likely N-dealkylation sites (tertiary alicyclic amines) is 1. The van der Waals surface area contributed by atoms with Crippen molar-refractivity contribution in [2.45, 2.75) is 52.2 Å². The second-order valence-corrected chi connectivity index (χ2v) is 10.00. The summed E-state index contributed by atoms with van der Waals surface area (Å²) in [6.45, 7) is 8.68. The normalized spacial score (nSPS) is 15.2. The van der Waals surface area contributed by atoms with Crippen LogP contribution in [0.1, 0.15) is 53.9 Å². The highest BCUT2D eigenvalue weighted by molar-refractivity contribution is 5.86. The molecular weight excluding hydrogens is 448 g/mol. The largest absolute Gasteiger partial charge is 0.344 e. The van der Waals surface area contributed by atoms with Crippen LogP contribution in [-0.2, 0) is 13.0 Å². The van der Waals surface area contributed by atoms with Crippen LogP contribution < -0.4 is 5.48 Å². The Labute approximate surface area is 206 Å². The van der Waals surface area contributed by atoms with Gasteiger partial charge in [-0.05, 0) is 75.9 Å². The molecule has 0 spiro atoms. The first-order valence-corrected chi connectivity index (χ1v) is 12.2. The molecule has 0 saturated carbocycles. The van der Waals surface area contributed by atoms with Crippen molar-refractivity contribution in [3.05, 3.63) is 70.7 Å². The van der Waals surface area contributed by atoms with E-state index in [0.29, 0.717) is 36.3 Å². The van der Waals surface area contributed by atoms with Gasteiger partial charge in [0.2, 0.25) is 0 Å². The second kappa shape index (κ2) is 11.9. The lowest BCUT2D eigenvalue weighted by Crippen LogP contribution is -2.41. The molecule has 4 rings (SSSR count). The van der Waals surface area contributed by atoms with E-state index in [9.17, 15) is 13.6 Å². The SMILES string of the molecule is CNO.Cc1c(Cc2ccc(C=O)cc2F)c2ccccc2n1CC1CCN(CC(C)(C)F)CC1. The number of nitrogens with one attached hydrogen (secondary N) is 1. The van der Waals surface area contributed by atoms with Gasteiger partial charge in [0.05, 0.1) is 0 Å². The highest BCUT2D eigenvalue weighted by Gasteiger charge is 2.26. The molecule has 190 valence electrons. The van der Waals surface area contributed by atoms with Crippen molar-refractivity contribution in [1.82, 2.24) is 14.9 Å². The van der Waals surface area contributed by atoms with Crippen molar-refractivity contribution in [1.29, 1.82) is 0 Å². The Morgan fingerprint density at radius 1 is 1.17 bits per heavy atom. The first-order valence-electron chi connectivity index (χ1n) is 12.2. The van der Waals surface area contributed by atoms with Gasteiger partial charge in [-0.2, -0.15) is 0 Å². The third-order valence-corrected chi connectivity index (χ3v) is 6.69. The highest BCUT2D eigenvalue weighted by atomic mass is 19.1. The Hall–Kier alpha value is -2.61. The van der Waals surface area contributed by atoms with Crippen LogP contribution in [0.25, 0.3) is 10.9 Å². The maximum absolute atomic E-state index is 14.6. The number of benzene rings is 2. The monoisotopic (exact) mass is 485 g/mol. The summed E-state index contributed by atoms with van der Waals surface area (Å²) in [5.41, 5.74) is 5.02. The number of hydrogen-bond acceptors (Lipinski definition) is 4. The number of nitrogens with zero attached hydrogens (tertiary/aromatic N) is 2. The average molecular weight is 486 g/mol. The van der Waals surface area contributed by atoms with Gasteiger partial charge in [-0.3, -0.25) is 4.79 Å². The van der Waals surface area contributed by atoms with Crippen LogP contribution in [0.2, 0.25) is 0 Å². The zero-order valence-electron chi connectivity index (χ0n) is 21.2. The molecule has 2 heterocycles. The maximum atomic E-state index is 14.6. The van der Waals surface area contributed by atoms with Crippen LogP contribution in [0.5, 0.6) is 0 Å². The van der Waals surface area contributed by atoms with E-state index in [1.54, 1.807) is 31.5 Å². The predicted molar refractivity (Wildman–Crippen MR) is 136 cm³/mol. The standard InChI is InChI=1S/C27H32F2N2O.CH5NO/c1-19-24(15-22-9-8-21(17-32)14-25(22)28)23-6-4-5-7-26(23)31(19)16-20-10-12-30(13-11-20)18-27(2,3)29;1-2-3/h4-9,14,17,20H,10-13,15-16,18H2,1-3H3;2-3H,1H3. The van der Waals surface area contributed by atoms with Gasteiger partial charge in [-0.1, -0.05) is 30.3 Å². The van der Waals surface area contributed by atoms with Crippen LogP contribution in [0.3, 0.4) is 0 Å². The number of hydrogen-bond donors (Lipinski definition) is 2. The zero-order chi connectivity index (χ0) is 25.6. The van der Waals surface area contributed by atoms with Crippen molar-refractivity contribution in [2.24, 2.45) is 5.92 Å². The van der Waals surface area contributed by atoms with Gasteiger partial charge in [0.1, 0.15) is 17.8 Å². The molecule has 35 heavy (non-hydrogen) atoms. The molecule has 0 atom stereocenters. The third-order valence-electron chi connectivity index (χ3n) is 6.69. The average Bonchev–Trinajstić information content (AvgIpc) is 3.07. The van der Waals surface area contributed by atoms with Crippen LogP contribution in [-0.4, -0.2) is 53.3 Å². The Morgan fingerprint density at radius 3 is 2.43 bits per heavy atom. The van der Waals surface area contributed by atoms with Gasteiger partial charge in [-0.25, -0.2) is 14.3 Å². The molecule has 3 aromatic rings. The lowest BCUT2D eigenvalue weighted by Gasteiger charge is -2.34. The third kappa shape index (κ3) is 6.97. The van der Waals surface area contributed by atoms with Crippen LogP contribution in [0, 0.1) is 18.7 Å². The summed E-state index contributed by atoms with van der Waals surface area (Å²) in [6, 6.07) is 13.0. The molecule has 5 nitrogen and oxygen atoms in total. The molecule has 0 radical (unpaired) electrons. The Balaban J connectivity index is 0.00000108. The summed E-state index contributed by atoms with van der Waals surface area (Å²) >= 11 is 0. The van der Waals surface area contributed by atoms with E-state index in [0.717, 1.165) is 49.1 Å². The molecule has 1 aliphatic rings. The van der Waals surface area contributed by atoms with E-state index in [2.05, 4.69) is 28.5 Å². The van der Waals surface area contributed by atoms with Gasteiger partial charge in [0.25, 0.3) is 0 Å². The number of halogens is 2. The molecule has 2 aromatic carbocycles. The number of carbonyl (C=O) groups excluding carboxylic acids is 1. The summed E-state index contributed by atoms with van der Waals surface area (Å²) in [6.07, 6.45) is 3.27. The second-order valence-electron chi connectivity index (χ2n) is 10.00. The molecule has 0 unspecified atom stereocenters. The molecule has 1 aromatic heterocycles. The van der Waals surface area contributed by atoms with Crippen LogP contribution in [0.4, 0.5) is 8.78 Å². The zero-order valence-corrected chi connectivity index (χ0v) is 21.2. The topological polar surface area (TPSA) is 57.5 Å². The minimum absolute atomic E-state index is 0.339. The van der Waals surface area contributed by atoms with E-state index in [-0.39, 0.29) is 5.82 Å². The van der Waals surface area contributed by atoms with Gasteiger partial charge in [0, 0.05) is 48.7 Å². The quantitative estimate of drug-likeness (QED) is 0.340. The number of hydroxylamine groups is 1. The molecule has 0 aliphatic carbocycles. The number of piperidine rings is 1. The number of aldehydes is 1. The number of carbonyl (C=O) groups is 1. The van der Waals surface area contributed by atoms with E-state index in [4.69, 9.17) is 5.21 Å². The number of aromatic nitrogens is 1. The minimum Gasteiger partial charge on any atom is -0.344 e. The summed E-state index contributed by atoms with van der Waals surface area (Å²) in [5.74, 6) is 0.203. The molecule has 1 fully saturated rings. The molecule has 0 bridgehead atoms. The molecule has 1 aliphatic heterocycles. The van der Waals surface area contributed by atoms with Crippen molar-refractivity contribution in [3.63, 3.8) is 0 Å². The maximum Gasteiger partial charge on any atom is 0.150 e. The Bertz CT molecular complexity index is 1130. The van der Waals surface area contributed by atoms with Crippen molar-refractivity contribution in [3.8, 4) is 0 Å². The number of alkyl halides is 1. The van der Waals surface area contributed by atoms with Gasteiger partial charge >= 0.3 is 0 Å². The van der Waals surface area contributed by atoms with Crippen molar-refractivity contribution < 1.29 is 18.8 Å². The molecule has 7 heteroatoms. The van der Waals surface area contributed by atoms with E-state index < -0.39 is 5.67 Å². The lowest BCUT2D eigenvalue weighted by molar-refractivity contribution is 0.0927. The van der Waals surface area contributed by atoms with Gasteiger partial charge in [0.15, 0.2) is 0 Å². The summed E-state index contributed by atoms with van der Waals surface area (Å²) < 4.78 is 31.0. The van der Waals surface area contributed by atoms with Crippen molar-refractivity contribution >= 4 is 17.2 Å². The Kier molecular flexibility index (Phi) is 9.16. The molecule has 1 saturated heterocycles. The van der Waals surface area contributed by atoms with Crippen molar-refractivity contribution in [2.75, 3.05) is 26.7 Å². The van der Waals surface area contributed by atoms with Gasteiger partial charge < -0.3 is 14.7 Å². The number of para-hydroxylation sites is 1. The van der Waals surface area contributed by atoms with E-state index in [1.165, 1.54) is 18.6 Å². The predicted octanol–water partition coefficient (Wildman–Crippen LogP) is 5.55. The fourth-order valence-electron chi connectivity index (χ4n) is 5.05. The smallest absolute Gasteiger partial charge is 0.150 e. The molecule has 0 amide bonds. The first-order chi connectivity index (χ1) is 16.7. The fraction of sp³-hybridized carbons (Fsp3) is 0.464. The highest BCUT2D eigenvalue weighted by Crippen LogP contribution is 2.31.